The molecule has 8 heteroatoms. The molecule has 0 saturated heterocycles. The first-order chi connectivity index (χ1) is 8.84. The van der Waals surface area contributed by atoms with Crippen molar-refractivity contribution in [2.24, 2.45) is 0 Å². The predicted octanol–water partition coefficient (Wildman–Crippen LogP) is 2.41. The van der Waals surface area contributed by atoms with Gasteiger partial charge in [-0.1, -0.05) is 11.6 Å². The van der Waals surface area contributed by atoms with Gasteiger partial charge in [-0.15, -0.1) is 0 Å². The lowest BCUT2D eigenvalue weighted by Gasteiger charge is -2.12. The Morgan fingerprint density at radius 1 is 1.42 bits per heavy atom. The van der Waals surface area contributed by atoms with Crippen LogP contribution in [-0.2, 0) is 11.0 Å². The van der Waals surface area contributed by atoms with E-state index in [0.717, 1.165) is 18.2 Å². The van der Waals surface area contributed by atoms with E-state index in [4.69, 9.17) is 16.9 Å². The van der Waals surface area contributed by atoms with E-state index in [2.05, 4.69) is 10.6 Å². The van der Waals surface area contributed by atoms with Crippen molar-refractivity contribution in [1.29, 1.82) is 5.26 Å². The van der Waals surface area contributed by atoms with Crippen molar-refractivity contribution in [1.82, 2.24) is 5.32 Å². The average molecular weight is 292 g/mol. The van der Waals surface area contributed by atoms with Gasteiger partial charge < -0.3 is 10.6 Å². The van der Waals surface area contributed by atoms with Gasteiger partial charge in [0.15, 0.2) is 0 Å². The Labute approximate surface area is 112 Å². The number of anilines is 1. The number of hydrogen-bond acceptors (Lipinski definition) is 3. The fraction of sp³-hybridized carbons (Fsp3) is 0.273. The largest absolute Gasteiger partial charge is 0.416 e. The lowest BCUT2D eigenvalue weighted by atomic mass is 10.2. The molecule has 0 radical (unpaired) electrons. The number of rotatable bonds is 4. The quantitative estimate of drug-likeness (QED) is 0.837. The van der Waals surface area contributed by atoms with Gasteiger partial charge in [-0.25, -0.2) is 0 Å². The van der Waals surface area contributed by atoms with E-state index in [1.165, 1.54) is 0 Å². The van der Waals surface area contributed by atoms with E-state index >= 15 is 0 Å². The van der Waals surface area contributed by atoms with Crippen LogP contribution in [0.5, 0.6) is 0 Å². The van der Waals surface area contributed by atoms with Crippen molar-refractivity contribution in [2.75, 3.05) is 18.4 Å². The molecule has 1 aromatic rings. The Balaban J connectivity index is 2.73. The molecule has 0 aliphatic heterocycles. The van der Waals surface area contributed by atoms with E-state index in [9.17, 15) is 18.0 Å². The third-order valence-corrected chi connectivity index (χ3v) is 2.43. The van der Waals surface area contributed by atoms with Gasteiger partial charge in [-0.05, 0) is 18.2 Å². The summed E-state index contributed by atoms with van der Waals surface area (Å²) in [7, 11) is 0. The van der Waals surface area contributed by atoms with Crippen LogP contribution in [0.3, 0.4) is 0 Å². The number of carbonyl (C=O) groups excluding carboxylic acids is 1. The molecule has 0 atom stereocenters. The maximum absolute atomic E-state index is 12.5. The summed E-state index contributed by atoms with van der Waals surface area (Å²) in [4.78, 5) is 11.2. The van der Waals surface area contributed by atoms with Crippen LogP contribution in [-0.4, -0.2) is 19.0 Å². The summed E-state index contributed by atoms with van der Waals surface area (Å²) in [6.45, 7) is -0.445. The highest BCUT2D eigenvalue weighted by Crippen LogP contribution is 2.33. The Hall–Kier alpha value is -1.94. The Kier molecular flexibility index (Phi) is 5.01. The first-order valence-electron chi connectivity index (χ1n) is 5.09. The van der Waals surface area contributed by atoms with Crippen molar-refractivity contribution in [3.05, 3.63) is 28.8 Å². The molecule has 0 heterocycles. The molecule has 4 nitrogen and oxygen atoms in total. The molecule has 1 amide bonds. The number of benzene rings is 1. The van der Waals surface area contributed by atoms with Gasteiger partial charge in [0.2, 0.25) is 5.91 Å². The van der Waals surface area contributed by atoms with Crippen molar-refractivity contribution < 1.29 is 18.0 Å². The van der Waals surface area contributed by atoms with Crippen LogP contribution in [0.25, 0.3) is 0 Å². The Morgan fingerprint density at radius 3 is 2.68 bits per heavy atom. The third kappa shape index (κ3) is 4.67. The number of alkyl halides is 3. The molecule has 102 valence electrons. The predicted molar refractivity (Wildman–Crippen MR) is 63.6 cm³/mol. The first-order valence-corrected chi connectivity index (χ1v) is 5.46. The highest BCUT2D eigenvalue weighted by molar-refractivity contribution is 6.33. The maximum atomic E-state index is 12.5. The normalized spacial score (nSPS) is 10.7. The van der Waals surface area contributed by atoms with Crippen molar-refractivity contribution in [2.45, 2.75) is 6.18 Å². The molecule has 0 aromatic heterocycles. The second kappa shape index (κ2) is 6.29. The Bertz CT molecular complexity index is 511. The molecule has 1 rings (SSSR count). The number of carbonyl (C=O) groups is 1. The van der Waals surface area contributed by atoms with Crippen LogP contribution in [0.15, 0.2) is 18.2 Å². The van der Waals surface area contributed by atoms with Gasteiger partial charge in [0, 0.05) is 0 Å². The molecule has 0 aliphatic rings. The minimum Gasteiger partial charge on any atom is -0.375 e. The molecule has 0 fully saturated rings. The average Bonchev–Trinajstić information content (AvgIpc) is 2.33. The zero-order valence-electron chi connectivity index (χ0n) is 9.51. The maximum Gasteiger partial charge on any atom is 0.416 e. The Morgan fingerprint density at radius 2 is 2.11 bits per heavy atom. The molecule has 0 spiro atoms. The summed E-state index contributed by atoms with van der Waals surface area (Å²) in [5.41, 5.74) is -0.861. The van der Waals surface area contributed by atoms with Gasteiger partial charge in [0.25, 0.3) is 0 Å². The highest BCUT2D eigenvalue weighted by Gasteiger charge is 2.30. The summed E-state index contributed by atoms with van der Waals surface area (Å²) in [6.07, 6.45) is -4.48. The lowest BCUT2D eigenvalue weighted by molar-refractivity contribution is -0.137. The van der Waals surface area contributed by atoms with Crippen molar-refractivity contribution in [3.63, 3.8) is 0 Å². The van der Waals surface area contributed by atoms with Crippen LogP contribution >= 0.6 is 11.6 Å². The highest BCUT2D eigenvalue weighted by atomic mass is 35.5. The molecule has 19 heavy (non-hydrogen) atoms. The third-order valence-electron chi connectivity index (χ3n) is 2.10. The SMILES string of the molecule is N#CCNC(=O)CNc1cc(C(F)(F)F)ccc1Cl. The van der Waals surface area contributed by atoms with Crippen LogP contribution in [0.1, 0.15) is 5.56 Å². The lowest BCUT2D eigenvalue weighted by Crippen LogP contribution is -2.30. The van der Waals surface area contributed by atoms with E-state index in [1.54, 1.807) is 6.07 Å². The smallest absolute Gasteiger partial charge is 0.375 e. The molecule has 0 bridgehead atoms. The number of nitrogens with zero attached hydrogens (tertiary/aromatic N) is 1. The minimum absolute atomic E-state index is 0.00333. The van der Waals surface area contributed by atoms with Crippen molar-refractivity contribution >= 4 is 23.2 Å². The monoisotopic (exact) mass is 291 g/mol. The van der Waals surface area contributed by atoms with E-state index in [-0.39, 0.29) is 23.8 Å². The van der Waals surface area contributed by atoms with Crippen LogP contribution in [0.4, 0.5) is 18.9 Å². The number of nitrogens with one attached hydrogen (secondary N) is 2. The molecule has 0 unspecified atom stereocenters. The molecular formula is C11H9ClF3N3O. The summed E-state index contributed by atoms with van der Waals surface area (Å²) < 4.78 is 37.4. The number of halogens is 4. The summed E-state index contributed by atoms with van der Waals surface area (Å²) in [5, 5.41) is 13.0. The van der Waals surface area contributed by atoms with Gasteiger partial charge in [0.1, 0.15) is 6.54 Å². The van der Waals surface area contributed by atoms with E-state index < -0.39 is 17.6 Å². The van der Waals surface area contributed by atoms with Gasteiger partial charge in [-0.2, -0.15) is 18.4 Å². The topological polar surface area (TPSA) is 64.9 Å². The van der Waals surface area contributed by atoms with E-state index in [0.29, 0.717) is 0 Å². The van der Waals surface area contributed by atoms with E-state index in [1.807, 2.05) is 0 Å². The van der Waals surface area contributed by atoms with Gasteiger partial charge in [0.05, 0.1) is 28.9 Å². The number of nitriles is 1. The summed E-state index contributed by atoms with van der Waals surface area (Å²) in [6, 6.07) is 4.47. The molecule has 0 aliphatic carbocycles. The summed E-state index contributed by atoms with van der Waals surface area (Å²) in [5.74, 6) is -0.518. The zero-order chi connectivity index (χ0) is 14.5. The fourth-order valence-electron chi connectivity index (χ4n) is 1.21. The van der Waals surface area contributed by atoms with Gasteiger partial charge in [-0.3, -0.25) is 4.79 Å². The van der Waals surface area contributed by atoms with Crippen molar-refractivity contribution in [3.8, 4) is 6.07 Å². The summed E-state index contributed by atoms with van der Waals surface area (Å²) >= 11 is 5.72. The number of hydrogen-bond donors (Lipinski definition) is 2. The number of amides is 1. The van der Waals surface area contributed by atoms with Gasteiger partial charge >= 0.3 is 6.18 Å². The fourth-order valence-corrected chi connectivity index (χ4v) is 1.40. The molecule has 2 N–H and O–H groups in total. The second-order valence-corrected chi connectivity index (χ2v) is 3.89. The van der Waals surface area contributed by atoms with Crippen LogP contribution in [0.2, 0.25) is 5.02 Å². The van der Waals surface area contributed by atoms with Crippen LogP contribution in [0, 0.1) is 11.3 Å². The molecule has 1 aromatic carbocycles. The molecular weight excluding hydrogens is 283 g/mol. The zero-order valence-corrected chi connectivity index (χ0v) is 10.3. The van der Waals surface area contributed by atoms with Crippen LogP contribution < -0.4 is 10.6 Å². The molecule has 0 saturated carbocycles. The second-order valence-electron chi connectivity index (χ2n) is 3.48. The first kappa shape index (κ1) is 15.1. The standard InChI is InChI=1S/C11H9ClF3N3O/c12-8-2-1-7(11(13,14)15)5-9(8)18-6-10(19)17-4-3-16/h1-2,5,18H,4,6H2,(H,17,19). The minimum atomic E-state index is -4.48.